The van der Waals surface area contributed by atoms with Crippen molar-refractivity contribution in [2.45, 2.75) is 58.5 Å². The molecular formula is C12H23NO3. The molecule has 0 bridgehead atoms. The van der Waals surface area contributed by atoms with Gasteiger partial charge >= 0.3 is 6.09 Å². The van der Waals surface area contributed by atoms with E-state index in [1.54, 1.807) is 0 Å². The van der Waals surface area contributed by atoms with Gasteiger partial charge in [-0.1, -0.05) is 12.8 Å². The number of rotatable bonds is 7. The number of amides is 1. The molecule has 0 radical (unpaired) electrons. The highest BCUT2D eigenvalue weighted by molar-refractivity contribution is 5.67. The highest BCUT2D eigenvalue weighted by Crippen LogP contribution is 2.06. The Morgan fingerprint density at radius 3 is 2.38 bits per heavy atom. The zero-order valence-corrected chi connectivity index (χ0v) is 10.5. The van der Waals surface area contributed by atoms with Crippen LogP contribution in [0.3, 0.4) is 0 Å². The lowest BCUT2D eigenvalue weighted by molar-refractivity contribution is -0.107. The summed E-state index contributed by atoms with van der Waals surface area (Å²) in [5.41, 5.74) is -0.436. The molecule has 0 spiro atoms. The third-order valence-electron chi connectivity index (χ3n) is 1.92. The van der Waals surface area contributed by atoms with Gasteiger partial charge in [-0.25, -0.2) is 4.79 Å². The van der Waals surface area contributed by atoms with E-state index in [4.69, 9.17) is 4.74 Å². The summed E-state index contributed by atoms with van der Waals surface area (Å²) < 4.78 is 5.09. The third-order valence-corrected chi connectivity index (χ3v) is 1.92. The number of hydrogen-bond acceptors (Lipinski definition) is 3. The molecule has 94 valence electrons. The van der Waals surface area contributed by atoms with Gasteiger partial charge in [-0.05, 0) is 33.6 Å². The molecule has 0 unspecified atom stereocenters. The number of aldehydes is 1. The van der Waals surface area contributed by atoms with Crippen LogP contribution >= 0.6 is 0 Å². The Morgan fingerprint density at radius 1 is 1.19 bits per heavy atom. The van der Waals surface area contributed by atoms with Gasteiger partial charge in [0.1, 0.15) is 11.9 Å². The first-order valence-corrected chi connectivity index (χ1v) is 5.86. The lowest BCUT2D eigenvalue weighted by Gasteiger charge is -2.19. The van der Waals surface area contributed by atoms with Gasteiger partial charge < -0.3 is 14.8 Å². The van der Waals surface area contributed by atoms with Gasteiger partial charge in [0.05, 0.1) is 0 Å². The van der Waals surface area contributed by atoms with Gasteiger partial charge in [0.2, 0.25) is 0 Å². The summed E-state index contributed by atoms with van der Waals surface area (Å²) in [5.74, 6) is 0. The number of hydrogen-bond donors (Lipinski definition) is 1. The van der Waals surface area contributed by atoms with E-state index in [2.05, 4.69) is 5.32 Å². The smallest absolute Gasteiger partial charge is 0.407 e. The third kappa shape index (κ3) is 11.0. The van der Waals surface area contributed by atoms with Crippen molar-refractivity contribution in [1.29, 1.82) is 0 Å². The summed E-state index contributed by atoms with van der Waals surface area (Å²) in [7, 11) is 0. The quantitative estimate of drug-likeness (QED) is 0.539. The van der Waals surface area contributed by atoms with E-state index >= 15 is 0 Å². The number of carbonyl (C=O) groups excluding carboxylic acids is 2. The monoisotopic (exact) mass is 229 g/mol. The fourth-order valence-corrected chi connectivity index (χ4v) is 1.21. The van der Waals surface area contributed by atoms with Crippen LogP contribution in [0.4, 0.5) is 4.79 Å². The predicted molar refractivity (Wildman–Crippen MR) is 63.4 cm³/mol. The van der Waals surface area contributed by atoms with Crippen LogP contribution in [-0.2, 0) is 9.53 Å². The number of unbranched alkanes of at least 4 members (excludes halogenated alkanes) is 4. The number of ether oxygens (including phenoxy) is 1. The van der Waals surface area contributed by atoms with Crippen LogP contribution in [0.5, 0.6) is 0 Å². The SMILES string of the molecule is CC(C)(C)OC(=O)NCCCCCCC=O. The zero-order valence-electron chi connectivity index (χ0n) is 10.5. The van der Waals surface area contributed by atoms with Crippen molar-refractivity contribution >= 4 is 12.4 Å². The van der Waals surface area contributed by atoms with E-state index < -0.39 is 5.60 Å². The summed E-state index contributed by atoms with van der Waals surface area (Å²) in [4.78, 5) is 21.3. The molecule has 16 heavy (non-hydrogen) atoms. The summed E-state index contributed by atoms with van der Waals surface area (Å²) in [5, 5.41) is 2.70. The molecule has 0 heterocycles. The molecule has 0 aromatic carbocycles. The van der Waals surface area contributed by atoms with Gasteiger partial charge in [-0.2, -0.15) is 0 Å². The molecule has 0 aliphatic carbocycles. The van der Waals surface area contributed by atoms with E-state index in [-0.39, 0.29) is 6.09 Å². The van der Waals surface area contributed by atoms with Crippen LogP contribution in [0, 0.1) is 0 Å². The van der Waals surface area contributed by atoms with Crippen molar-refractivity contribution in [3.05, 3.63) is 0 Å². The normalized spacial score (nSPS) is 10.9. The van der Waals surface area contributed by atoms with E-state index in [0.717, 1.165) is 32.0 Å². The summed E-state index contributed by atoms with van der Waals surface area (Å²) >= 11 is 0. The molecule has 1 amide bonds. The van der Waals surface area contributed by atoms with Crippen molar-refractivity contribution in [3.63, 3.8) is 0 Å². The molecule has 0 aromatic rings. The Morgan fingerprint density at radius 2 is 1.81 bits per heavy atom. The lowest BCUT2D eigenvalue weighted by Crippen LogP contribution is -2.32. The second kappa shape index (κ2) is 8.13. The maximum atomic E-state index is 11.2. The van der Waals surface area contributed by atoms with Crippen LogP contribution in [0.25, 0.3) is 0 Å². The Labute approximate surface area is 97.7 Å². The van der Waals surface area contributed by atoms with E-state index in [1.165, 1.54) is 0 Å². The van der Waals surface area contributed by atoms with Crippen LogP contribution < -0.4 is 5.32 Å². The molecule has 0 aliphatic rings. The predicted octanol–water partition coefficient (Wildman–Crippen LogP) is 2.66. The first-order chi connectivity index (χ1) is 7.45. The minimum atomic E-state index is -0.436. The van der Waals surface area contributed by atoms with E-state index in [0.29, 0.717) is 13.0 Å². The van der Waals surface area contributed by atoms with Crippen molar-refractivity contribution in [2.75, 3.05) is 6.54 Å². The molecule has 1 N–H and O–H groups in total. The summed E-state index contributed by atoms with van der Waals surface area (Å²) in [6.45, 7) is 6.15. The minimum Gasteiger partial charge on any atom is -0.444 e. The maximum absolute atomic E-state index is 11.2. The molecule has 0 atom stereocenters. The summed E-state index contributed by atoms with van der Waals surface area (Å²) in [6.07, 6.45) is 5.16. The lowest BCUT2D eigenvalue weighted by atomic mass is 10.1. The Hall–Kier alpha value is -1.06. The maximum Gasteiger partial charge on any atom is 0.407 e. The van der Waals surface area contributed by atoms with Crippen molar-refractivity contribution in [3.8, 4) is 0 Å². The van der Waals surface area contributed by atoms with Crippen LogP contribution in [0.15, 0.2) is 0 Å². The number of nitrogens with one attached hydrogen (secondary N) is 1. The summed E-state index contributed by atoms with van der Waals surface area (Å²) in [6, 6.07) is 0. The second-order valence-corrected chi connectivity index (χ2v) is 4.80. The van der Waals surface area contributed by atoms with E-state index in [9.17, 15) is 9.59 Å². The fourth-order valence-electron chi connectivity index (χ4n) is 1.21. The zero-order chi connectivity index (χ0) is 12.4. The van der Waals surface area contributed by atoms with Crippen LogP contribution in [0.1, 0.15) is 52.9 Å². The molecule has 4 nitrogen and oxygen atoms in total. The molecule has 4 heteroatoms. The first-order valence-electron chi connectivity index (χ1n) is 5.86. The van der Waals surface area contributed by atoms with Crippen LogP contribution in [-0.4, -0.2) is 24.5 Å². The van der Waals surface area contributed by atoms with Gasteiger partial charge in [-0.3, -0.25) is 0 Å². The Kier molecular flexibility index (Phi) is 7.60. The van der Waals surface area contributed by atoms with Crippen LogP contribution in [0.2, 0.25) is 0 Å². The molecule has 0 aromatic heterocycles. The van der Waals surface area contributed by atoms with Crippen molar-refractivity contribution in [1.82, 2.24) is 5.32 Å². The number of carbonyl (C=O) groups is 2. The standard InChI is InChI=1S/C12H23NO3/c1-12(2,3)16-11(15)13-9-7-5-4-6-8-10-14/h10H,4-9H2,1-3H3,(H,13,15). The molecule has 0 rings (SSSR count). The Bertz CT molecular complexity index is 209. The molecular weight excluding hydrogens is 206 g/mol. The highest BCUT2D eigenvalue weighted by atomic mass is 16.6. The van der Waals surface area contributed by atoms with Gasteiger partial charge in [-0.15, -0.1) is 0 Å². The van der Waals surface area contributed by atoms with Gasteiger partial charge in [0, 0.05) is 13.0 Å². The first kappa shape index (κ1) is 14.9. The molecule has 0 saturated carbocycles. The molecule has 0 aliphatic heterocycles. The topological polar surface area (TPSA) is 55.4 Å². The average molecular weight is 229 g/mol. The fraction of sp³-hybridized carbons (Fsp3) is 0.833. The number of alkyl carbamates (subject to hydrolysis) is 1. The molecule has 0 fully saturated rings. The second-order valence-electron chi connectivity index (χ2n) is 4.80. The van der Waals surface area contributed by atoms with Gasteiger partial charge in [0.25, 0.3) is 0 Å². The average Bonchev–Trinajstić information content (AvgIpc) is 2.13. The minimum absolute atomic E-state index is 0.361. The molecule has 0 saturated heterocycles. The van der Waals surface area contributed by atoms with Gasteiger partial charge in [0.15, 0.2) is 0 Å². The van der Waals surface area contributed by atoms with Crippen molar-refractivity contribution < 1.29 is 14.3 Å². The Balaban J connectivity index is 3.31. The van der Waals surface area contributed by atoms with Crippen molar-refractivity contribution in [2.24, 2.45) is 0 Å². The highest BCUT2D eigenvalue weighted by Gasteiger charge is 2.15. The van der Waals surface area contributed by atoms with E-state index in [1.807, 2.05) is 20.8 Å². The largest absolute Gasteiger partial charge is 0.444 e.